The van der Waals surface area contributed by atoms with Crippen LogP contribution in [0.5, 0.6) is 0 Å². The van der Waals surface area contributed by atoms with Crippen LogP contribution >= 0.6 is 22.6 Å². The third kappa shape index (κ3) is 4.55. The van der Waals surface area contributed by atoms with E-state index in [0.29, 0.717) is 15.1 Å². The fraction of sp³-hybridized carbons (Fsp3) is 0.133. The molecule has 176 valence electrons. The van der Waals surface area contributed by atoms with Gasteiger partial charge >= 0.3 is 0 Å². The first-order valence-electron chi connectivity index (χ1n) is 11.4. The average Bonchev–Trinajstić information content (AvgIpc) is 3.32. The minimum Gasteiger partial charge on any atom is -0.480 e. The quantitative estimate of drug-likeness (QED) is 0.172. The Balaban J connectivity index is 1.63. The monoisotopic (exact) mass is 592 g/mol. The lowest BCUT2D eigenvalue weighted by molar-refractivity contribution is 0.0860. The van der Waals surface area contributed by atoms with Crippen LogP contribution in [0.15, 0.2) is 119 Å². The first kappa shape index (κ1) is 23.8. The van der Waals surface area contributed by atoms with Gasteiger partial charge in [0.05, 0.1) is 9.80 Å². The van der Waals surface area contributed by atoms with Crippen molar-refractivity contribution in [2.24, 2.45) is 0 Å². The lowest BCUT2D eigenvalue weighted by atomic mass is 9.93. The van der Waals surface area contributed by atoms with Gasteiger partial charge in [0.2, 0.25) is 9.84 Å². The first-order valence-corrected chi connectivity index (χ1v) is 14.5. The summed E-state index contributed by atoms with van der Waals surface area (Å²) in [5.41, 5.74) is 4.18. The number of aryl methyl sites for hydroxylation is 1. The largest absolute Gasteiger partial charge is 0.480 e. The molecule has 0 saturated carbocycles. The topological polar surface area (TPSA) is 43.4 Å². The number of ether oxygens (including phenoxy) is 1. The molecule has 1 aliphatic heterocycles. The lowest BCUT2D eigenvalue weighted by Crippen LogP contribution is -2.28. The summed E-state index contributed by atoms with van der Waals surface area (Å²) < 4.78 is 35.1. The molecule has 1 unspecified atom stereocenters. The number of halogens is 1. The standard InChI is InChI=1S/C30H25IO3S/c1-22-12-18-27(19-13-22)35(32,33)28-20-30(21-31,26-10-6-3-7-11-26)34-29(28)25-16-14-24(15-17-25)23-8-4-2-5-9-23/h2-19H,20-21H2,1H3. The van der Waals surface area contributed by atoms with E-state index < -0.39 is 15.4 Å². The van der Waals surface area contributed by atoms with E-state index in [2.05, 4.69) is 34.7 Å². The zero-order valence-electron chi connectivity index (χ0n) is 19.3. The highest BCUT2D eigenvalue weighted by molar-refractivity contribution is 14.1. The van der Waals surface area contributed by atoms with Crippen molar-refractivity contribution >= 4 is 38.2 Å². The Kier molecular flexibility index (Phi) is 6.55. The molecule has 0 bridgehead atoms. The van der Waals surface area contributed by atoms with Gasteiger partial charge in [0.25, 0.3) is 0 Å². The Bertz CT molecular complexity index is 1460. The third-order valence-corrected chi connectivity index (χ3v) is 9.53. The summed E-state index contributed by atoms with van der Waals surface area (Å²) in [6, 6.07) is 35.0. The molecule has 0 aromatic heterocycles. The normalized spacial score (nSPS) is 17.9. The van der Waals surface area contributed by atoms with Crippen molar-refractivity contribution in [2.75, 3.05) is 4.43 Å². The molecule has 4 aromatic rings. The molecule has 3 nitrogen and oxygen atoms in total. The molecule has 0 saturated heterocycles. The summed E-state index contributed by atoms with van der Waals surface area (Å²) in [5, 5.41) is 0. The van der Waals surface area contributed by atoms with Crippen LogP contribution in [0.3, 0.4) is 0 Å². The second-order valence-corrected chi connectivity index (χ2v) is 11.5. The summed E-state index contributed by atoms with van der Waals surface area (Å²) >= 11 is 2.30. The summed E-state index contributed by atoms with van der Waals surface area (Å²) in [5.74, 6) is 0.436. The van der Waals surface area contributed by atoms with Gasteiger partial charge in [0, 0.05) is 16.4 Å². The summed E-state index contributed by atoms with van der Waals surface area (Å²) in [6.07, 6.45) is 0.284. The second-order valence-electron chi connectivity index (χ2n) is 8.78. The van der Waals surface area contributed by atoms with Crippen LogP contribution in [0.25, 0.3) is 16.9 Å². The minimum absolute atomic E-state index is 0.284. The second kappa shape index (κ2) is 9.63. The van der Waals surface area contributed by atoms with Crippen molar-refractivity contribution in [1.82, 2.24) is 0 Å². The van der Waals surface area contributed by atoms with Crippen LogP contribution in [0, 0.1) is 6.92 Å². The van der Waals surface area contributed by atoms with Crippen molar-refractivity contribution in [3.05, 3.63) is 131 Å². The van der Waals surface area contributed by atoms with Gasteiger partial charge in [-0.2, -0.15) is 0 Å². The van der Waals surface area contributed by atoms with Crippen LogP contribution in [-0.4, -0.2) is 12.8 Å². The van der Waals surface area contributed by atoms with Gasteiger partial charge in [-0.1, -0.05) is 125 Å². The van der Waals surface area contributed by atoms with Gasteiger partial charge < -0.3 is 4.74 Å². The Morgan fingerprint density at radius 3 is 1.89 bits per heavy atom. The predicted octanol–water partition coefficient (Wildman–Crippen LogP) is 7.56. The first-order chi connectivity index (χ1) is 16.9. The van der Waals surface area contributed by atoms with Gasteiger partial charge in [0.15, 0.2) is 0 Å². The number of benzene rings is 4. The fourth-order valence-corrected chi connectivity index (χ4v) is 6.90. The Morgan fingerprint density at radius 2 is 1.29 bits per heavy atom. The van der Waals surface area contributed by atoms with E-state index in [-0.39, 0.29) is 11.3 Å². The molecular formula is C30H25IO3S. The minimum atomic E-state index is -3.75. The SMILES string of the molecule is Cc1ccc(S(=O)(=O)C2=C(c3ccc(-c4ccccc4)cc3)OC(CI)(c3ccccc3)C2)cc1. The maximum absolute atomic E-state index is 13.9. The molecule has 0 radical (unpaired) electrons. The molecule has 0 aliphatic carbocycles. The van der Waals surface area contributed by atoms with Gasteiger partial charge in [-0.25, -0.2) is 8.42 Å². The van der Waals surface area contributed by atoms with Crippen LogP contribution in [0.2, 0.25) is 0 Å². The highest BCUT2D eigenvalue weighted by Crippen LogP contribution is 2.49. The molecule has 0 fully saturated rings. The predicted molar refractivity (Wildman–Crippen MR) is 150 cm³/mol. The van der Waals surface area contributed by atoms with Crippen molar-refractivity contribution < 1.29 is 13.2 Å². The Hall–Kier alpha value is -2.90. The molecule has 0 N–H and O–H groups in total. The smallest absolute Gasteiger partial charge is 0.206 e. The van der Waals surface area contributed by atoms with Gasteiger partial charge in [-0.15, -0.1) is 0 Å². The molecule has 0 amide bonds. The molecule has 1 heterocycles. The lowest BCUT2D eigenvalue weighted by Gasteiger charge is -2.28. The highest BCUT2D eigenvalue weighted by Gasteiger charge is 2.46. The maximum atomic E-state index is 13.9. The zero-order chi connectivity index (χ0) is 24.5. The van der Waals surface area contributed by atoms with E-state index in [4.69, 9.17) is 4.74 Å². The summed E-state index contributed by atoms with van der Waals surface area (Å²) in [6.45, 7) is 1.95. The van der Waals surface area contributed by atoms with E-state index in [1.807, 2.05) is 91.9 Å². The van der Waals surface area contributed by atoms with Crippen molar-refractivity contribution in [1.29, 1.82) is 0 Å². The highest BCUT2D eigenvalue weighted by atomic mass is 127. The molecular weight excluding hydrogens is 567 g/mol. The Labute approximate surface area is 220 Å². The van der Waals surface area contributed by atoms with Crippen molar-refractivity contribution in [3.63, 3.8) is 0 Å². The summed E-state index contributed by atoms with van der Waals surface area (Å²) in [4.78, 5) is 0.617. The third-order valence-electron chi connectivity index (χ3n) is 6.42. The maximum Gasteiger partial charge on any atom is 0.206 e. The van der Waals surface area contributed by atoms with Crippen LogP contribution in [0.1, 0.15) is 23.1 Å². The molecule has 1 aliphatic rings. The molecule has 5 heteroatoms. The number of sulfone groups is 1. The van der Waals surface area contributed by atoms with Gasteiger partial charge in [-0.05, 0) is 35.7 Å². The van der Waals surface area contributed by atoms with E-state index in [1.165, 1.54) is 0 Å². The number of rotatable bonds is 6. The van der Waals surface area contributed by atoms with Gasteiger partial charge in [0.1, 0.15) is 11.4 Å². The van der Waals surface area contributed by atoms with Gasteiger partial charge in [-0.3, -0.25) is 0 Å². The molecule has 35 heavy (non-hydrogen) atoms. The molecule has 5 rings (SSSR count). The van der Waals surface area contributed by atoms with Crippen LogP contribution in [-0.2, 0) is 20.2 Å². The van der Waals surface area contributed by atoms with E-state index >= 15 is 0 Å². The van der Waals surface area contributed by atoms with Crippen LogP contribution in [0.4, 0.5) is 0 Å². The Morgan fingerprint density at radius 1 is 0.743 bits per heavy atom. The van der Waals surface area contributed by atoms with Crippen molar-refractivity contribution in [3.8, 4) is 11.1 Å². The fourth-order valence-electron chi connectivity index (χ4n) is 4.42. The van der Waals surface area contributed by atoms with E-state index in [1.54, 1.807) is 12.1 Å². The molecule has 0 spiro atoms. The van der Waals surface area contributed by atoms with E-state index in [9.17, 15) is 8.42 Å². The number of hydrogen-bond donors (Lipinski definition) is 0. The van der Waals surface area contributed by atoms with Crippen molar-refractivity contribution in [2.45, 2.75) is 23.8 Å². The molecule has 4 aromatic carbocycles. The molecule has 1 atom stereocenters. The summed E-state index contributed by atoms with van der Waals surface area (Å²) in [7, 11) is -3.75. The zero-order valence-corrected chi connectivity index (χ0v) is 22.3. The average molecular weight is 592 g/mol. The number of hydrogen-bond acceptors (Lipinski definition) is 3. The van der Waals surface area contributed by atoms with E-state index in [0.717, 1.165) is 27.8 Å². The van der Waals surface area contributed by atoms with Crippen LogP contribution < -0.4 is 0 Å². The number of alkyl halides is 1.